The van der Waals surface area contributed by atoms with Crippen LogP contribution in [0.4, 0.5) is 10.1 Å². The highest BCUT2D eigenvalue weighted by Gasteiger charge is 2.12. The third-order valence-electron chi connectivity index (χ3n) is 3.27. The van der Waals surface area contributed by atoms with E-state index in [1.807, 2.05) is 24.3 Å². The first kappa shape index (κ1) is 13.8. The molecule has 0 aliphatic carbocycles. The van der Waals surface area contributed by atoms with E-state index < -0.39 is 0 Å². The van der Waals surface area contributed by atoms with Crippen LogP contribution >= 0.6 is 11.6 Å². The van der Waals surface area contributed by atoms with Gasteiger partial charge < -0.3 is 14.5 Å². The topological polar surface area (TPSA) is 34.4 Å². The van der Waals surface area contributed by atoms with Crippen LogP contribution in [-0.2, 0) is 6.54 Å². The highest BCUT2D eigenvalue weighted by molar-refractivity contribution is 6.30. The van der Waals surface area contributed by atoms with Crippen molar-refractivity contribution < 1.29 is 13.5 Å². The molecule has 0 aliphatic heterocycles. The molecular weight excluding hydrogens is 293 g/mol. The third-order valence-corrected chi connectivity index (χ3v) is 3.57. The number of hydrogen-bond acceptors (Lipinski definition) is 3. The van der Waals surface area contributed by atoms with Crippen LogP contribution in [0.3, 0.4) is 0 Å². The van der Waals surface area contributed by atoms with Gasteiger partial charge in [0.15, 0.2) is 5.22 Å². The van der Waals surface area contributed by atoms with Crippen molar-refractivity contribution in [1.82, 2.24) is 0 Å². The van der Waals surface area contributed by atoms with Crippen LogP contribution in [0.2, 0.25) is 5.22 Å². The number of para-hydroxylation sites is 1. The Morgan fingerprint density at radius 2 is 2.05 bits per heavy atom. The summed E-state index contributed by atoms with van der Waals surface area (Å²) in [5, 5.41) is 4.50. The Bertz CT molecular complexity index is 785. The summed E-state index contributed by atoms with van der Waals surface area (Å²) in [4.78, 5) is 0. The molecule has 2 aromatic carbocycles. The normalized spacial score (nSPS) is 10.8. The molecule has 3 aromatic rings. The van der Waals surface area contributed by atoms with Crippen LogP contribution in [0, 0.1) is 5.82 Å². The molecule has 0 unspecified atom stereocenters. The Morgan fingerprint density at radius 1 is 1.24 bits per heavy atom. The molecule has 3 nitrogen and oxygen atoms in total. The van der Waals surface area contributed by atoms with Crippen molar-refractivity contribution in [3.05, 3.63) is 59.1 Å². The van der Waals surface area contributed by atoms with Gasteiger partial charge in [0, 0.05) is 23.6 Å². The second-order valence-electron chi connectivity index (χ2n) is 4.55. The number of benzene rings is 2. The van der Waals surface area contributed by atoms with E-state index in [0.29, 0.717) is 23.2 Å². The van der Waals surface area contributed by atoms with Gasteiger partial charge in [0.2, 0.25) is 0 Å². The Labute approximate surface area is 126 Å². The standard InChI is InChI=1S/C16H13ClFNO2/c1-20-15-8-10(18)6-7-13(15)19-9-12-11-4-2-3-5-14(11)21-16(12)17/h2-8,19H,9H2,1H3. The summed E-state index contributed by atoms with van der Waals surface area (Å²) in [6.07, 6.45) is 0. The lowest BCUT2D eigenvalue weighted by Crippen LogP contribution is -2.01. The van der Waals surface area contributed by atoms with Crippen molar-refractivity contribution in [2.24, 2.45) is 0 Å². The molecule has 0 aliphatic rings. The number of anilines is 1. The lowest BCUT2D eigenvalue weighted by molar-refractivity contribution is 0.413. The number of methoxy groups -OCH3 is 1. The minimum atomic E-state index is -0.343. The molecule has 0 radical (unpaired) electrons. The molecule has 21 heavy (non-hydrogen) atoms. The molecule has 108 valence electrons. The predicted octanol–water partition coefficient (Wildman–Crippen LogP) is 4.85. The molecule has 0 bridgehead atoms. The Balaban J connectivity index is 1.88. The average molecular weight is 306 g/mol. The first-order chi connectivity index (χ1) is 10.2. The quantitative estimate of drug-likeness (QED) is 0.748. The van der Waals surface area contributed by atoms with E-state index in [1.54, 1.807) is 6.07 Å². The highest BCUT2D eigenvalue weighted by atomic mass is 35.5. The number of nitrogens with one attached hydrogen (secondary N) is 1. The number of hydrogen-bond donors (Lipinski definition) is 1. The van der Waals surface area contributed by atoms with Crippen molar-refractivity contribution >= 4 is 28.3 Å². The minimum Gasteiger partial charge on any atom is -0.494 e. The molecule has 0 saturated heterocycles. The Morgan fingerprint density at radius 3 is 2.86 bits per heavy atom. The van der Waals surface area contributed by atoms with Crippen molar-refractivity contribution in [2.75, 3.05) is 12.4 Å². The van der Waals surface area contributed by atoms with E-state index in [0.717, 1.165) is 16.5 Å². The molecule has 0 amide bonds. The molecule has 1 heterocycles. The minimum absolute atomic E-state index is 0.343. The summed E-state index contributed by atoms with van der Waals surface area (Å²) >= 11 is 6.13. The summed E-state index contributed by atoms with van der Waals surface area (Å²) in [5.41, 5.74) is 2.30. The van der Waals surface area contributed by atoms with Crippen molar-refractivity contribution in [3.63, 3.8) is 0 Å². The lowest BCUT2D eigenvalue weighted by Gasteiger charge is -2.10. The number of halogens is 2. The van der Waals surface area contributed by atoms with Crippen LogP contribution in [0.1, 0.15) is 5.56 Å². The van der Waals surface area contributed by atoms with Gasteiger partial charge in [-0.2, -0.15) is 0 Å². The van der Waals surface area contributed by atoms with E-state index >= 15 is 0 Å². The van der Waals surface area contributed by atoms with Gasteiger partial charge in [0.1, 0.15) is 17.1 Å². The SMILES string of the molecule is COc1cc(F)ccc1NCc1c(Cl)oc2ccccc12. The van der Waals surface area contributed by atoms with Crippen LogP contribution in [0.15, 0.2) is 46.9 Å². The van der Waals surface area contributed by atoms with Crippen LogP contribution in [0.25, 0.3) is 11.0 Å². The second kappa shape index (κ2) is 5.66. The molecular formula is C16H13ClFNO2. The number of furan rings is 1. The fourth-order valence-corrected chi connectivity index (χ4v) is 2.48. The summed E-state index contributed by atoms with van der Waals surface area (Å²) in [6.45, 7) is 0.456. The molecule has 1 aromatic heterocycles. The summed E-state index contributed by atoms with van der Waals surface area (Å²) in [6, 6.07) is 12.0. The fraction of sp³-hybridized carbons (Fsp3) is 0.125. The molecule has 0 atom stereocenters. The van der Waals surface area contributed by atoms with E-state index in [4.69, 9.17) is 20.8 Å². The summed E-state index contributed by atoms with van der Waals surface area (Å²) in [5.74, 6) is 0.100. The average Bonchev–Trinajstić information content (AvgIpc) is 2.81. The summed E-state index contributed by atoms with van der Waals surface area (Å²) in [7, 11) is 1.50. The Hall–Kier alpha value is -2.20. The van der Waals surface area contributed by atoms with Gasteiger partial charge >= 0.3 is 0 Å². The zero-order chi connectivity index (χ0) is 14.8. The van der Waals surface area contributed by atoms with Crippen LogP contribution in [-0.4, -0.2) is 7.11 Å². The van der Waals surface area contributed by atoms with E-state index in [9.17, 15) is 4.39 Å². The van der Waals surface area contributed by atoms with Gasteiger partial charge in [-0.1, -0.05) is 18.2 Å². The second-order valence-corrected chi connectivity index (χ2v) is 4.89. The van der Waals surface area contributed by atoms with E-state index in [1.165, 1.54) is 19.2 Å². The fourth-order valence-electron chi connectivity index (χ4n) is 2.23. The number of fused-ring (bicyclic) bond motifs is 1. The van der Waals surface area contributed by atoms with E-state index in [-0.39, 0.29) is 5.82 Å². The first-order valence-electron chi connectivity index (χ1n) is 6.42. The maximum Gasteiger partial charge on any atom is 0.199 e. The third kappa shape index (κ3) is 2.67. The smallest absolute Gasteiger partial charge is 0.199 e. The van der Waals surface area contributed by atoms with Gasteiger partial charge in [-0.3, -0.25) is 0 Å². The Kier molecular flexibility index (Phi) is 3.71. The molecule has 0 saturated carbocycles. The van der Waals surface area contributed by atoms with Gasteiger partial charge in [-0.25, -0.2) is 4.39 Å². The van der Waals surface area contributed by atoms with Gasteiger partial charge in [0.25, 0.3) is 0 Å². The first-order valence-corrected chi connectivity index (χ1v) is 6.80. The van der Waals surface area contributed by atoms with Crippen LogP contribution < -0.4 is 10.1 Å². The van der Waals surface area contributed by atoms with Gasteiger partial charge in [-0.05, 0) is 29.8 Å². The maximum atomic E-state index is 13.2. The van der Waals surface area contributed by atoms with E-state index in [2.05, 4.69) is 5.32 Å². The zero-order valence-electron chi connectivity index (χ0n) is 11.3. The van der Waals surface area contributed by atoms with Gasteiger partial charge in [0.05, 0.1) is 12.8 Å². The van der Waals surface area contributed by atoms with Crippen molar-refractivity contribution in [2.45, 2.75) is 6.54 Å². The van der Waals surface area contributed by atoms with Crippen molar-refractivity contribution in [3.8, 4) is 5.75 Å². The molecule has 3 rings (SSSR count). The predicted molar refractivity (Wildman–Crippen MR) is 81.5 cm³/mol. The maximum absolute atomic E-state index is 13.2. The molecule has 1 N–H and O–H groups in total. The zero-order valence-corrected chi connectivity index (χ0v) is 12.1. The monoisotopic (exact) mass is 305 g/mol. The molecule has 0 fully saturated rings. The lowest BCUT2D eigenvalue weighted by atomic mass is 10.1. The van der Waals surface area contributed by atoms with Crippen LogP contribution in [0.5, 0.6) is 5.75 Å². The summed E-state index contributed by atoms with van der Waals surface area (Å²) < 4.78 is 23.8. The highest BCUT2D eigenvalue weighted by Crippen LogP contribution is 2.31. The van der Waals surface area contributed by atoms with Crippen molar-refractivity contribution in [1.29, 1.82) is 0 Å². The molecule has 0 spiro atoms. The number of ether oxygens (including phenoxy) is 1. The largest absolute Gasteiger partial charge is 0.494 e. The number of rotatable bonds is 4. The van der Waals surface area contributed by atoms with Gasteiger partial charge in [-0.15, -0.1) is 0 Å². The molecule has 5 heteroatoms.